The molecule has 0 radical (unpaired) electrons. The molecule has 0 spiro atoms. The van der Waals surface area contributed by atoms with Crippen molar-refractivity contribution >= 4 is 23.5 Å². The normalized spacial score (nSPS) is 14.1. The van der Waals surface area contributed by atoms with E-state index in [0.29, 0.717) is 0 Å². The van der Waals surface area contributed by atoms with Gasteiger partial charge in [-0.2, -0.15) is 0 Å². The van der Waals surface area contributed by atoms with Gasteiger partial charge in [0.15, 0.2) is 11.5 Å². The lowest BCUT2D eigenvalue weighted by atomic mass is 9.86. The summed E-state index contributed by atoms with van der Waals surface area (Å²) < 4.78 is 14.6. The van der Waals surface area contributed by atoms with Crippen molar-refractivity contribution in [2.45, 2.75) is 13.3 Å². The Balaban J connectivity index is 2.54. The first kappa shape index (κ1) is 18.1. The number of benzene rings is 1. The second-order valence-electron chi connectivity index (χ2n) is 5.12. The number of methoxy groups -OCH3 is 2. The van der Waals surface area contributed by atoms with E-state index in [-0.39, 0.29) is 34.6 Å². The minimum Gasteiger partial charge on any atom is -0.500 e. The number of allylic oxidation sites excluding steroid dienone is 2. The molecule has 0 amide bonds. The quantitative estimate of drug-likeness (QED) is 0.458. The van der Waals surface area contributed by atoms with Crippen molar-refractivity contribution in [2.24, 2.45) is 0 Å². The zero-order chi connectivity index (χ0) is 18.6. The third-order valence-electron chi connectivity index (χ3n) is 3.51. The van der Waals surface area contributed by atoms with Crippen molar-refractivity contribution in [3.8, 4) is 0 Å². The molecule has 0 aliphatic heterocycles. The highest BCUT2D eigenvalue weighted by molar-refractivity contribution is 6.26. The molecule has 1 aliphatic rings. The Morgan fingerprint density at radius 3 is 2.12 bits per heavy atom. The van der Waals surface area contributed by atoms with Crippen LogP contribution < -0.4 is 0 Å². The van der Waals surface area contributed by atoms with Gasteiger partial charge in [0.2, 0.25) is 5.78 Å². The van der Waals surface area contributed by atoms with Crippen LogP contribution in [0.2, 0.25) is 0 Å². The van der Waals surface area contributed by atoms with E-state index in [0.717, 1.165) is 13.0 Å². The van der Waals surface area contributed by atoms with E-state index in [2.05, 4.69) is 4.74 Å². The molecule has 0 N–H and O–H groups in total. The lowest BCUT2D eigenvalue weighted by Crippen LogP contribution is -2.25. The summed E-state index contributed by atoms with van der Waals surface area (Å²) in [4.78, 5) is 48.1. The molecular formula is C18H16O7. The summed E-state index contributed by atoms with van der Waals surface area (Å²) in [5, 5.41) is 0. The molecule has 0 bridgehead atoms. The topological polar surface area (TPSA) is 96.0 Å². The molecule has 0 saturated carbocycles. The summed E-state index contributed by atoms with van der Waals surface area (Å²) in [6.45, 7) is 1.13. The Hall–Kier alpha value is -3.22. The van der Waals surface area contributed by atoms with Gasteiger partial charge in [-0.25, -0.2) is 4.79 Å². The average molecular weight is 344 g/mol. The standard InChI is InChI=1S/C18H16O7/c1-10(19)25-18-14(8-11(23-2)9-15(20)24-3)16(21)12-6-4-5-7-13(12)17(18)22/h4-7,9H,8H2,1-3H3/b11-9+. The van der Waals surface area contributed by atoms with E-state index in [1.165, 1.54) is 26.4 Å². The fourth-order valence-corrected chi connectivity index (χ4v) is 2.36. The molecule has 0 atom stereocenters. The summed E-state index contributed by atoms with van der Waals surface area (Å²) in [5.74, 6) is -2.73. The highest BCUT2D eigenvalue weighted by Crippen LogP contribution is 2.30. The van der Waals surface area contributed by atoms with E-state index in [4.69, 9.17) is 9.47 Å². The van der Waals surface area contributed by atoms with Crippen LogP contribution in [0.4, 0.5) is 0 Å². The molecule has 0 heterocycles. The maximum atomic E-state index is 12.8. The first-order valence-electron chi connectivity index (χ1n) is 7.31. The first-order valence-corrected chi connectivity index (χ1v) is 7.31. The zero-order valence-electron chi connectivity index (χ0n) is 14.0. The van der Waals surface area contributed by atoms with Crippen molar-refractivity contribution in [1.29, 1.82) is 0 Å². The third-order valence-corrected chi connectivity index (χ3v) is 3.51. The summed E-state index contributed by atoms with van der Waals surface area (Å²) in [6, 6.07) is 6.23. The summed E-state index contributed by atoms with van der Waals surface area (Å²) in [7, 11) is 2.51. The third kappa shape index (κ3) is 3.82. The predicted molar refractivity (Wildman–Crippen MR) is 85.6 cm³/mol. The number of Topliss-reactive ketones (excluding diaryl/α,β-unsaturated/α-hetero) is 2. The number of ether oxygens (including phenoxy) is 3. The zero-order valence-corrected chi connectivity index (χ0v) is 14.0. The molecule has 1 aliphatic carbocycles. The lowest BCUT2D eigenvalue weighted by molar-refractivity contribution is -0.137. The fraction of sp³-hybridized carbons (Fsp3) is 0.222. The monoisotopic (exact) mass is 344 g/mol. The molecular weight excluding hydrogens is 328 g/mol. The Kier molecular flexibility index (Phi) is 5.49. The minimum absolute atomic E-state index is 0.0593. The van der Waals surface area contributed by atoms with Crippen LogP contribution in [-0.4, -0.2) is 37.7 Å². The van der Waals surface area contributed by atoms with Crippen LogP contribution in [0.25, 0.3) is 0 Å². The number of carbonyl (C=O) groups excluding carboxylic acids is 4. The van der Waals surface area contributed by atoms with Gasteiger partial charge in [0.1, 0.15) is 5.76 Å². The van der Waals surface area contributed by atoms with Gasteiger partial charge in [-0.15, -0.1) is 0 Å². The number of hydrogen-bond donors (Lipinski definition) is 0. The van der Waals surface area contributed by atoms with Crippen LogP contribution in [0.15, 0.2) is 47.4 Å². The van der Waals surface area contributed by atoms with Crippen molar-refractivity contribution < 1.29 is 33.4 Å². The molecule has 7 heteroatoms. The largest absolute Gasteiger partial charge is 0.500 e. The maximum Gasteiger partial charge on any atom is 0.333 e. The Morgan fingerprint density at radius 1 is 1.00 bits per heavy atom. The van der Waals surface area contributed by atoms with Crippen LogP contribution in [0.1, 0.15) is 34.1 Å². The van der Waals surface area contributed by atoms with Crippen molar-refractivity contribution in [1.82, 2.24) is 0 Å². The van der Waals surface area contributed by atoms with Crippen LogP contribution in [0.5, 0.6) is 0 Å². The van der Waals surface area contributed by atoms with Gasteiger partial charge in [-0.05, 0) is 0 Å². The minimum atomic E-state index is -0.732. The van der Waals surface area contributed by atoms with Crippen LogP contribution in [0.3, 0.4) is 0 Å². The summed E-state index contributed by atoms with van der Waals surface area (Å²) in [6.07, 6.45) is 0.851. The molecule has 25 heavy (non-hydrogen) atoms. The Labute approximate surface area is 143 Å². The molecule has 130 valence electrons. The smallest absolute Gasteiger partial charge is 0.333 e. The van der Waals surface area contributed by atoms with Crippen molar-refractivity contribution in [3.05, 3.63) is 58.6 Å². The highest BCUT2D eigenvalue weighted by Gasteiger charge is 2.34. The Bertz CT molecular complexity index is 814. The molecule has 1 aromatic rings. The lowest BCUT2D eigenvalue weighted by Gasteiger charge is -2.20. The second kappa shape index (κ2) is 7.57. The number of ketones is 2. The molecule has 0 saturated heterocycles. The number of hydrogen-bond acceptors (Lipinski definition) is 7. The molecule has 0 aromatic heterocycles. The van der Waals surface area contributed by atoms with Gasteiger partial charge in [-0.3, -0.25) is 14.4 Å². The Morgan fingerprint density at radius 2 is 1.60 bits per heavy atom. The van der Waals surface area contributed by atoms with Gasteiger partial charge < -0.3 is 14.2 Å². The van der Waals surface area contributed by atoms with E-state index >= 15 is 0 Å². The first-order chi connectivity index (χ1) is 11.9. The second-order valence-corrected chi connectivity index (χ2v) is 5.12. The van der Waals surface area contributed by atoms with Crippen molar-refractivity contribution in [3.63, 3.8) is 0 Å². The molecule has 1 aromatic carbocycles. The predicted octanol–water partition coefficient (Wildman–Crippen LogP) is 1.98. The molecule has 7 nitrogen and oxygen atoms in total. The van der Waals surface area contributed by atoms with Gasteiger partial charge in [0.05, 0.1) is 25.9 Å². The SMILES string of the molecule is COC(=O)/C=C(\CC1=C(OC(C)=O)C(=O)c2ccccc2C1=O)OC. The van der Waals surface area contributed by atoms with E-state index < -0.39 is 23.5 Å². The van der Waals surface area contributed by atoms with Crippen molar-refractivity contribution in [2.75, 3.05) is 14.2 Å². The number of carbonyl (C=O) groups is 4. The summed E-state index contributed by atoms with van der Waals surface area (Å²) in [5.41, 5.74) is 0.297. The fourth-order valence-electron chi connectivity index (χ4n) is 2.36. The summed E-state index contributed by atoms with van der Waals surface area (Å²) >= 11 is 0. The van der Waals surface area contributed by atoms with Crippen LogP contribution >= 0.6 is 0 Å². The number of esters is 2. The maximum absolute atomic E-state index is 12.8. The van der Waals surface area contributed by atoms with Crippen LogP contribution in [0, 0.1) is 0 Å². The van der Waals surface area contributed by atoms with Gasteiger partial charge in [0.25, 0.3) is 0 Å². The van der Waals surface area contributed by atoms with Gasteiger partial charge in [0, 0.05) is 24.5 Å². The molecule has 0 unspecified atom stereocenters. The number of fused-ring (bicyclic) bond motifs is 1. The van der Waals surface area contributed by atoms with Gasteiger partial charge >= 0.3 is 11.9 Å². The van der Waals surface area contributed by atoms with Crippen LogP contribution in [-0.2, 0) is 23.8 Å². The highest BCUT2D eigenvalue weighted by atomic mass is 16.5. The van der Waals surface area contributed by atoms with E-state index in [1.807, 2.05) is 0 Å². The van der Waals surface area contributed by atoms with Gasteiger partial charge in [-0.1, -0.05) is 24.3 Å². The van der Waals surface area contributed by atoms with E-state index in [1.54, 1.807) is 12.1 Å². The van der Waals surface area contributed by atoms with E-state index in [9.17, 15) is 19.2 Å². The molecule has 0 fully saturated rings. The average Bonchev–Trinajstić information content (AvgIpc) is 2.60. The number of rotatable bonds is 5. The molecule has 2 rings (SSSR count).